The molecule has 1 aromatic carbocycles. The van der Waals surface area contributed by atoms with Crippen LogP contribution in [-0.2, 0) is 25.8 Å². The summed E-state index contributed by atoms with van der Waals surface area (Å²) in [7, 11) is 1.28. The van der Waals surface area contributed by atoms with Gasteiger partial charge >= 0.3 is 5.97 Å². The van der Waals surface area contributed by atoms with Crippen molar-refractivity contribution >= 4 is 51.8 Å². The van der Waals surface area contributed by atoms with Crippen molar-refractivity contribution in [2.24, 2.45) is 5.16 Å². The van der Waals surface area contributed by atoms with Crippen LogP contribution in [0, 0.1) is 0 Å². The monoisotopic (exact) mass is 519 g/mol. The van der Waals surface area contributed by atoms with Gasteiger partial charge in [-0.1, -0.05) is 29.4 Å². The first-order valence-electron chi connectivity index (χ1n) is 11.3. The molecule has 37 heavy (non-hydrogen) atoms. The molecule has 1 saturated heterocycles. The molecule has 2 atom stereocenters. The third kappa shape index (κ3) is 4.58. The van der Waals surface area contributed by atoms with Crippen molar-refractivity contribution in [3.63, 3.8) is 0 Å². The van der Waals surface area contributed by atoms with Crippen LogP contribution in [0.3, 0.4) is 0 Å². The van der Waals surface area contributed by atoms with Crippen LogP contribution in [0.25, 0.3) is 10.8 Å². The van der Waals surface area contributed by atoms with Crippen molar-refractivity contribution < 1.29 is 28.9 Å². The van der Waals surface area contributed by atoms with Crippen molar-refractivity contribution in [2.75, 3.05) is 18.6 Å². The fourth-order valence-corrected chi connectivity index (χ4v) is 5.73. The van der Waals surface area contributed by atoms with Gasteiger partial charge in [-0.15, -0.1) is 11.8 Å². The number of nitrogens with one attached hydrogen (secondary N) is 1. The van der Waals surface area contributed by atoms with Gasteiger partial charge in [-0.3, -0.25) is 14.5 Å². The first kappa shape index (κ1) is 24.3. The van der Waals surface area contributed by atoms with Gasteiger partial charge < -0.3 is 21.0 Å². The summed E-state index contributed by atoms with van der Waals surface area (Å²) in [5, 5.41) is 17.9. The molecule has 0 saturated carbocycles. The Hall–Kier alpha value is -4.45. The Morgan fingerprint density at radius 2 is 2.03 bits per heavy atom. The number of β-lactam (4-membered cyclic amide) rings is 1. The predicted molar refractivity (Wildman–Crippen MR) is 136 cm³/mol. The van der Waals surface area contributed by atoms with E-state index in [9.17, 15) is 19.5 Å². The smallest absolute Gasteiger partial charge is 0.352 e. The number of thioether (sulfide) groups is 1. The van der Waals surface area contributed by atoms with E-state index in [2.05, 4.69) is 15.5 Å². The Kier molecular flexibility index (Phi) is 6.49. The molecule has 0 aliphatic carbocycles. The Morgan fingerprint density at radius 3 is 2.76 bits per heavy atom. The Balaban J connectivity index is 1.36. The number of hydrogen-bond acceptors (Lipinski definition) is 8. The average molecular weight is 520 g/mol. The van der Waals surface area contributed by atoms with Crippen molar-refractivity contribution in [1.29, 1.82) is 0 Å². The molecule has 4 heterocycles. The minimum atomic E-state index is -1.19. The van der Waals surface area contributed by atoms with E-state index in [-0.39, 0.29) is 22.9 Å². The quantitative estimate of drug-likeness (QED) is 0.180. The number of nitrogen functional groups attached to an aromatic ring is 1. The number of aliphatic carboxylic acids is 1. The normalized spacial score (nSPS) is 19.3. The number of carboxylic acids is 1. The fraction of sp³-hybridized carbons (Fsp3) is 0.200. The minimum Gasteiger partial charge on any atom is -0.477 e. The van der Waals surface area contributed by atoms with E-state index < -0.39 is 29.2 Å². The highest BCUT2D eigenvalue weighted by Crippen LogP contribution is 2.40. The zero-order valence-corrected chi connectivity index (χ0v) is 20.5. The van der Waals surface area contributed by atoms with Gasteiger partial charge in [0.1, 0.15) is 35.7 Å². The topological polar surface area (TPSA) is 151 Å². The second-order valence-electron chi connectivity index (χ2n) is 8.43. The summed E-state index contributed by atoms with van der Waals surface area (Å²) in [6.07, 6.45) is 3.83. The largest absolute Gasteiger partial charge is 0.477 e. The molecule has 2 aliphatic rings. The van der Waals surface area contributed by atoms with Gasteiger partial charge in [0.15, 0.2) is 24.7 Å². The van der Waals surface area contributed by atoms with Gasteiger partial charge in [0.25, 0.3) is 11.8 Å². The highest BCUT2D eigenvalue weighted by molar-refractivity contribution is 8.00. The third-order valence-electron chi connectivity index (χ3n) is 6.07. The molecule has 11 nitrogen and oxygen atoms in total. The minimum absolute atomic E-state index is 0.0526. The summed E-state index contributed by atoms with van der Waals surface area (Å²) in [6, 6.07) is 13.6. The van der Waals surface area contributed by atoms with Gasteiger partial charge in [0.2, 0.25) is 0 Å². The lowest BCUT2D eigenvalue weighted by Gasteiger charge is -2.49. The number of amides is 2. The van der Waals surface area contributed by atoms with E-state index in [1.54, 1.807) is 18.2 Å². The number of anilines is 1. The van der Waals surface area contributed by atoms with Gasteiger partial charge in [0.05, 0.1) is 0 Å². The first-order valence-corrected chi connectivity index (χ1v) is 12.3. The molecule has 0 spiro atoms. The second-order valence-corrected chi connectivity index (χ2v) is 9.54. The third-order valence-corrected chi connectivity index (χ3v) is 7.41. The maximum absolute atomic E-state index is 13.1. The molecule has 2 aliphatic heterocycles. The number of fused-ring (bicyclic) bond motifs is 2. The van der Waals surface area contributed by atoms with Crippen LogP contribution in [0.5, 0.6) is 0 Å². The van der Waals surface area contributed by atoms with Gasteiger partial charge in [-0.25, -0.2) is 14.3 Å². The molecule has 2 amide bonds. The van der Waals surface area contributed by atoms with E-state index in [1.807, 2.05) is 47.3 Å². The van der Waals surface area contributed by atoms with Crippen molar-refractivity contribution in [3.05, 3.63) is 77.9 Å². The summed E-state index contributed by atoms with van der Waals surface area (Å²) in [5.41, 5.74) is 6.30. The number of carboxylic acid groups (broad SMARTS) is 1. The van der Waals surface area contributed by atoms with Crippen LogP contribution in [0.15, 0.2) is 77.4 Å². The number of nitrogens with zero attached hydrogens (tertiary/aromatic N) is 4. The van der Waals surface area contributed by atoms with E-state index in [1.165, 1.54) is 23.8 Å². The van der Waals surface area contributed by atoms with Crippen molar-refractivity contribution in [2.45, 2.75) is 18.0 Å². The van der Waals surface area contributed by atoms with Gasteiger partial charge in [-0.2, -0.15) is 0 Å². The maximum Gasteiger partial charge on any atom is 0.352 e. The molecule has 0 bridgehead atoms. The molecular weight excluding hydrogens is 496 g/mol. The number of carbonyl (C=O) groups is 3. The van der Waals surface area contributed by atoms with Crippen LogP contribution in [0.4, 0.5) is 5.82 Å². The van der Waals surface area contributed by atoms with Crippen molar-refractivity contribution in [1.82, 2.24) is 15.2 Å². The molecule has 0 radical (unpaired) electrons. The predicted octanol–water partition coefficient (Wildman–Crippen LogP) is 0.894. The zero-order chi connectivity index (χ0) is 26.1. The maximum atomic E-state index is 13.1. The molecule has 12 heteroatoms. The Bertz CT molecular complexity index is 1490. The highest BCUT2D eigenvalue weighted by atomic mass is 32.2. The highest BCUT2D eigenvalue weighted by Gasteiger charge is 2.54. The first-order chi connectivity index (χ1) is 17.9. The number of pyridine rings is 2. The van der Waals surface area contributed by atoms with Crippen LogP contribution in [0.2, 0.25) is 0 Å². The molecule has 3 aromatic rings. The summed E-state index contributed by atoms with van der Waals surface area (Å²) in [5.74, 6) is -1.81. The summed E-state index contributed by atoms with van der Waals surface area (Å²) >= 11 is 1.39. The number of carbonyl (C=O) groups excluding carboxylic acids is 2. The lowest BCUT2D eigenvalue weighted by atomic mass is 10.0. The van der Waals surface area contributed by atoms with Crippen LogP contribution in [0.1, 0.15) is 5.69 Å². The summed E-state index contributed by atoms with van der Waals surface area (Å²) in [6.45, 7) is 0.318. The fourth-order valence-electron chi connectivity index (χ4n) is 4.39. The van der Waals surface area contributed by atoms with Crippen LogP contribution in [-0.4, -0.2) is 62.8 Å². The lowest BCUT2D eigenvalue weighted by molar-refractivity contribution is -0.687. The van der Waals surface area contributed by atoms with Crippen LogP contribution >= 0.6 is 11.8 Å². The number of aromatic nitrogens is 2. The number of hydrogen-bond donors (Lipinski definition) is 3. The van der Waals surface area contributed by atoms with Gasteiger partial charge in [0, 0.05) is 22.8 Å². The lowest BCUT2D eigenvalue weighted by Crippen LogP contribution is -2.71. The van der Waals surface area contributed by atoms with Crippen LogP contribution < -0.4 is 15.6 Å². The van der Waals surface area contributed by atoms with E-state index in [0.29, 0.717) is 17.9 Å². The Morgan fingerprint density at radius 1 is 1.24 bits per heavy atom. The molecule has 1 fully saturated rings. The standard InChI is InChI=1S/C25H22N6O5S/c1-36-29-19(17-7-4-8-18(26)27-17)22(32)28-20-23(33)31-21(25(34)35)16(13-37-24(20)31)12-30-10-9-14-5-2-3-6-15(14)11-30/h2-11,20,24H,12-13H2,1H3,(H3-,26,27,28,32,34,35)/p+1/t20?,24-/m0/s1. The number of benzene rings is 1. The summed E-state index contributed by atoms with van der Waals surface area (Å²) in [4.78, 5) is 48.4. The van der Waals surface area contributed by atoms with E-state index in [0.717, 1.165) is 10.8 Å². The number of oxime groups is 1. The van der Waals surface area contributed by atoms with Crippen molar-refractivity contribution in [3.8, 4) is 0 Å². The Labute approximate surface area is 215 Å². The molecule has 188 valence electrons. The second kappa shape index (κ2) is 9.90. The number of nitrogens with two attached hydrogens (primary N) is 1. The van der Waals surface area contributed by atoms with E-state index in [4.69, 9.17) is 10.6 Å². The van der Waals surface area contributed by atoms with E-state index >= 15 is 0 Å². The molecule has 4 N–H and O–H groups in total. The average Bonchev–Trinajstić information content (AvgIpc) is 2.89. The number of rotatable bonds is 7. The molecule has 1 unspecified atom stereocenters. The molecule has 2 aromatic heterocycles. The zero-order valence-electron chi connectivity index (χ0n) is 19.7. The molecular formula is C25H23N6O5S+. The van der Waals surface area contributed by atoms with Gasteiger partial charge in [-0.05, 0) is 23.6 Å². The summed E-state index contributed by atoms with van der Waals surface area (Å²) < 4.78 is 1.90. The molecule has 5 rings (SSSR count). The SMILES string of the molecule is CON=C(C(=O)NC1C(=O)N2C(C(=O)O)=C(C[n+]3ccc4ccccc4c3)CS[C@@H]12)c1cccc(N)n1.